The van der Waals surface area contributed by atoms with Gasteiger partial charge >= 0.3 is 0 Å². The Bertz CT molecular complexity index is 2850. The molecule has 0 atom stereocenters. The van der Waals surface area contributed by atoms with Crippen LogP contribution in [0.15, 0.2) is 205 Å². The summed E-state index contributed by atoms with van der Waals surface area (Å²) < 4.78 is 6.92. The van der Waals surface area contributed by atoms with Crippen molar-refractivity contribution >= 4 is 60.5 Å². The molecule has 10 aromatic rings. The van der Waals surface area contributed by atoms with E-state index in [1.807, 2.05) is 0 Å². The molecule has 2 nitrogen and oxygen atoms in total. The first kappa shape index (κ1) is 30.0. The molecule has 52 heavy (non-hydrogen) atoms. The molecule has 244 valence electrons. The highest BCUT2D eigenvalue weighted by Crippen LogP contribution is 2.43. The molecule has 1 aromatic heterocycles. The Morgan fingerprint density at radius 3 is 1.52 bits per heavy atom. The van der Waals surface area contributed by atoms with Crippen LogP contribution in [0.1, 0.15) is 0 Å². The van der Waals surface area contributed by atoms with E-state index < -0.39 is 0 Å². The Hall–Kier alpha value is -6.90. The summed E-state index contributed by atoms with van der Waals surface area (Å²) in [5, 5.41) is 7.22. The predicted molar refractivity (Wildman–Crippen MR) is 220 cm³/mol. The van der Waals surface area contributed by atoms with E-state index in [0.717, 1.165) is 66.8 Å². The summed E-state index contributed by atoms with van der Waals surface area (Å²) in [5.41, 5.74) is 12.0. The normalized spacial score (nSPS) is 11.5. The Morgan fingerprint density at radius 2 is 0.808 bits per heavy atom. The van der Waals surface area contributed by atoms with Gasteiger partial charge in [-0.05, 0) is 86.3 Å². The maximum atomic E-state index is 6.92. The monoisotopic (exact) mass is 663 g/mol. The van der Waals surface area contributed by atoms with Crippen LogP contribution >= 0.6 is 0 Å². The fourth-order valence-corrected chi connectivity index (χ4v) is 7.80. The zero-order valence-electron chi connectivity index (χ0n) is 28.4. The molecule has 0 aliphatic carbocycles. The standard InChI is InChI=1S/C50H33NO/c1-3-16-38(17-4-1)51(39-18-5-2-6-19-39)40-20-11-15-36(32-40)34-28-30-35(31-29-34)42-24-12-25-45-46-26-13-27-47(50(46)52-49(42)45)48-33-37-14-7-8-21-41(37)43-22-9-10-23-44(43)48/h1-33H. The SMILES string of the molecule is c1ccc(N(c2ccccc2)c2cccc(-c3ccc(-c4cccc5c4oc4c(-c6cc7ccccc7c7ccccc67)cccc45)cc3)c2)cc1. The van der Waals surface area contributed by atoms with Gasteiger partial charge in [0.25, 0.3) is 0 Å². The molecule has 0 saturated heterocycles. The molecular weight excluding hydrogens is 631 g/mol. The zero-order chi connectivity index (χ0) is 34.4. The maximum absolute atomic E-state index is 6.92. The lowest BCUT2D eigenvalue weighted by atomic mass is 9.92. The Morgan fingerprint density at radius 1 is 0.288 bits per heavy atom. The predicted octanol–water partition coefficient (Wildman–Crippen LogP) is 14.4. The quantitative estimate of drug-likeness (QED) is 0.165. The summed E-state index contributed by atoms with van der Waals surface area (Å²) in [7, 11) is 0. The van der Waals surface area contributed by atoms with Crippen molar-refractivity contribution in [2.24, 2.45) is 0 Å². The summed E-state index contributed by atoms with van der Waals surface area (Å²) in [6.07, 6.45) is 0. The first-order valence-corrected chi connectivity index (χ1v) is 17.8. The molecule has 0 radical (unpaired) electrons. The lowest BCUT2D eigenvalue weighted by Gasteiger charge is -2.25. The van der Waals surface area contributed by atoms with Crippen molar-refractivity contribution in [3.8, 4) is 33.4 Å². The van der Waals surface area contributed by atoms with E-state index in [0.29, 0.717) is 0 Å². The van der Waals surface area contributed by atoms with Gasteiger partial charge in [0.15, 0.2) is 0 Å². The van der Waals surface area contributed by atoms with Gasteiger partial charge in [-0.25, -0.2) is 0 Å². The Labute approximate surface area is 302 Å². The fraction of sp³-hybridized carbons (Fsp3) is 0. The van der Waals surface area contributed by atoms with Crippen LogP contribution in [0.2, 0.25) is 0 Å². The van der Waals surface area contributed by atoms with Gasteiger partial charge in [0.1, 0.15) is 11.2 Å². The second kappa shape index (κ2) is 12.5. The average Bonchev–Trinajstić information content (AvgIpc) is 3.61. The third kappa shape index (κ3) is 5.04. The number of para-hydroxylation sites is 4. The highest BCUT2D eigenvalue weighted by Gasteiger charge is 2.18. The molecule has 9 aromatic carbocycles. The number of hydrogen-bond donors (Lipinski definition) is 0. The van der Waals surface area contributed by atoms with Crippen LogP contribution in [0.3, 0.4) is 0 Å². The van der Waals surface area contributed by atoms with Gasteiger partial charge in [-0.2, -0.15) is 0 Å². The lowest BCUT2D eigenvalue weighted by molar-refractivity contribution is 0.671. The highest BCUT2D eigenvalue weighted by molar-refractivity contribution is 6.18. The maximum Gasteiger partial charge on any atom is 0.143 e. The smallest absolute Gasteiger partial charge is 0.143 e. The minimum absolute atomic E-state index is 0.908. The van der Waals surface area contributed by atoms with Crippen LogP contribution in [0.4, 0.5) is 17.1 Å². The number of anilines is 3. The minimum atomic E-state index is 0.908. The summed E-state index contributed by atoms with van der Waals surface area (Å²) in [4.78, 5) is 2.30. The average molecular weight is 664 g/mol. The van der Waals surface area contributed by atoms with Crippen LogP contribution < -0.4 is 4.90 Å². The third-order valence-electron chi connectivity index (χ3n) is 10.2. The zero-order valence-corrected chi connectivity index (χ0v) is 28.4. The number of benzene rings is 9. The van der Waals surface area contributed by atoms with Gasteiger partial charge < -0.3 is 9.32 Å². The molecule has 0 amide bonds. The second-order valence-corrected chi connectivity index (χ2v) is 13.3. The van der Waals surface area contributed by atoms with Gasteiger partial charge in [0.05, 0.1) is 0 Å². The number of rotatable bonds is 6. The molecule has 10 rings (SSSR count). The number of furan rings is 1. The summed E-state index contributed by atoms with van der Waals surface area (Å²) in [5.74, 6) is 0. The van der Waals surface area contributed by atoms with Crippen molar-refractivity contribution in [2.75, 3.05) is 4.90 Å². The van der Waals surface area contributed by atoms with E-state index in [1.54, 1.807) is 0 Å². The topological polar surface area (TPSA) is 16.4 Å². The molecule has 0 unspecified atom stereocenters. The molecule has 0 fully saturated rings. The van der Waals surface area contributed by atoms with Crippen LogP contribution in [0.25, 0.3) is 76.9 Å². The van der Waals surface area contributed by atoms with E-state index >= 15 is 0 Å². The minimum Gasteiger partial charge on any atom is -0.455 e. The van der Waals surface area contributed by atoms with Crippen molar-refractivity contribution in [3.05, 3.63) is 200 Å². The van der Waals surface area contributed by atoms with Gasteiger partial charge in [-0.15, -0.1) is 0 Å². The molecule has 2 heteroatoms. The molecule has 0 saturated carbocycles. The molecule has 0 bridgehead atoms. The number of fused-ring (bicyclic) bond motifs is 6. The molecule has 1 heterocycles. The Kier molecular flexibility index (Phi) is 7.18. The summed E-state index contributed by atoms with van der Waals surface area (Å²) in [6, 6.07) is 71.4. The third-order valence-corrected chi connectivity index (χ3v) is 10.2. The van der Waals surface area contributed by atoms with Crippen LogP contribution in [-0.4, -0.2) is 0 Å². The van der Waals surface area contributed by atoms with Crippen molar-refractivity contribution < 1.29 is 4.42 Å². The van der Waals surface area contributed by atoms with E-state index in [1.165, 1.54) is 27.1 Å². The fourth-order valence-electron chi connectivity index (χ4n) is 7.80. The Balaban J connectivity index is 1.05. The van der Waals surface area contributed by atoms with Gasteiger partial charge in [-0.3, -0.25) is 0 Å². The van der Waals surface area contributed by atoms with E-state index in [2.05, 4.69) is 205 Å². The molecule has 0 N–H and O–H groups in total. The first-order valence-electron chi connectivity index (χ1n) is 17.8. The van der Waals surface area contributed by atoms with Gasteiger partial charge in [-0.1, -0.05) is 158 Å². The van der Waals surface area contributed by atoms with Crippen molar-refractivity contribution in [1.29, 1.82) is 0 Å². The van der Waals surface area contributed by atoms with Gasteiger partial charge in [0, 0.05) is 39.0 Å². The lowest BCUT2D eigenvalue weighted by Crippen LogP contribution is -2.09. The largest absolute Gasteiger partial charge is 0.455 e. The van der Waals surface area contributed by atoms with E-state index in [9.17, 15) is 0 Å². The highest BCUT2D eigenvalue weighted by atomic mass is 16.3. The van der Waals surface area contributed by atoms with Crippen LogP contribution in [0, 0.1) is 0 Å². The first-order chi connectivity index (χ1) is 25.8. The van der Waals surface area contributed by atoms with Crippen molar-refractivity contribution in [1.82, 2.24) is 0 Å². The second-order valence-electron chi connectivity index (χ2n) is 13.3. The van der Waals surface area contributed by atoms with Crippen molar-refractivity contribution in [2.45, 2.75) is 0 Å². The summed E-state index contributed by atoms with van der Waals surface area (Å²) >= 11 is 0. The van der Waals surface area contributed by atoms with Crippen LogP contribution in [0.5, 0.6) is 0 Å². The van der Waals surface area contributed by atoms with Gasteiger partial charge in [0.2, 0.25) is 0 Å². The van der Waals surface area contributed by atoms with E-state index in [-0.39, 0.29) is 0 Å². The summed E-state index contributed by atoms with van der Waals surface area (Å²) in [6.45, 7) is 0. The molecule has 0 aliphatic heterocycles. The molecule has 0 spiro atoms. The number of nitrogens with zero attached hydrogens (tertiary/aromatic N) is 1. The van der Waals surface area contributed by atoms with Crippen LogP contribution in [-0.2, 0) is 0 Å². The number of hydrogen-bond acceptors (Lipinski definition) is 2. The van der Waals surface area contributed by atoms with E-state index in [4.69, 9.17) is 4.42 Å². The van der Waals surface area contributed by atoms with Crippen molar-refractivity contribution in [3.63, 3.8) is 0 Å². The molecule has 0 aliphatic rings. The molecular formula is C50H33NO.